The number of carbonyl (C=O) groups excluding carboxylic acids is 1. The summed E-state index contributed by atoms with van der Waals surface area (Å²) in [6.07, 6.45) is 0. The number of halogens is 1. The summed E-state index contributed by atoms with van der Waals surface area (Å²) in [5, 5.41) is 20.9. The van der Waals surface area contributed by atoms with E-state index in [1.165, 1.54) is 23.1 Å². The second-order valence-electron chi connectivity index (χ2n) is 4.71. The van der Waals surface area contributed by atoms with Crippen LogP contribution >= 0.6 is 23.1 Å². The average Bonchev–Trinajstić information content (AvgIpc) is 3.09. The number of amides is 1. The molecule has 1 heterocycles. The highest BCUT2D eigenvalue weighted by Crippen LogP contribution is 2.29. The lowest BCUT2D eigenvalue weighted by atomic mass is 10.1. The monoisotopic (exact) mass is 376 g/mol. The number of hydrogen-bond donors (Lipinski definition) is 1. The zero-order valence-corrected chi connectivity index (χ0v) is 14.0. The summed E-state index contributed by atoms with van der Waals surface area (Å²) < 4.78 is 14.6. The van der Waals surface area contributed by atoms with Gasteiger partial charge in [0.1, 0.15) is 11.3 Å². The van der Waals surface area contributed by atoms with Crippen LogP contribution < -0.4 is 5.32 Å². The van der Waals surface area contributed by atoms with Gasteiger partial charge in [0.2, 0.25) is 0 Å². The number of nitrogens with zero attached hydrogens (tertiary/aromatic N) is 3. The van der Waals surface area contributed by atoms with Gasteiger partial charge in [0, 0.05) is 22.7 Å². The van der Waals surface area contributed by atoms with Crippen molar-refractivity contribution in [1.29, 1.82) is 0 Å². The van der Waals surface area contributed by atoms with Gasteiger partial charge in [-0.15, -0.1) is 10.2 Å². The van der Waals surface area contributed by atoms with Crippen LogP contribution in [0.1, 0.15) is 10.4 Å². The number of benzene rings is 2. The van der Waals surface area contributed by atoms with E-state index in [-0.39, 0.29) is 11.3 Å². The Morgan fingerprint density at radius 2 is 2.00 bits per heavy atom. The van der Waals surface area contributed by atoms with Gasteiger partial charge >= 0.3 is 0 Å². The van der Waals surface area contributed by atoms with Gasteiger partial charge in [-0.2, -0.15) is 0 Å². The lowest BCUT2D eigenvalue weighted by molar-refractivity contribution is -0.384. The van der Waals surface area contributed by atoms with Crippen LogP contribution in [0.4, 0.5) is 15.8 Å². The Hall–Kier alpha value is -2.85. The second kappa shape index (κ2) is 7.36. The number of nitrogens with one attached hydrogen (secondary N) is 1. The molecule has 0 saturated heterocycles. The number of hydrogen-bond acceptors (Lipinski definition) is 7. The van der Waals surface area contributed by atoms with E-state index < -0.39 is 16.6 Å². The molecule has 2 aromatic carbocycles. The maximum Gasteiger partial charge on any atom is 0.270 e. The maximum absolute atomic E-state index is 13.8. The predicted octanol–water partition coefficient (Wildman–Crippen LogP) is 3.99. The largest absolute Gasteiger partial charge is 0.322 e. The normalized spacial score (nSPS) is 10.4. The van der Waals surface area contributed by atoms with Crippen molar-refractivity contribution >= 4 is 40.4 Å². The highest BCUT2D eigenvalue weighted by atomic mass is 32.2. The molecule has 0 spiro atoms. The van der Waals surface area contributed by atoms with Crippen LogP contribution in [0.15, 0.2) is 57.2 Å². The summed E-state index contributed by atoms with van der Waals surface area (Å²) in [7, 11) is 0. The number of rotatable bonds is 5. The summed E-state index contributed by atoms with van der Waals surface area (Å²) in [6.45, 7) is 0. The molecule has 7 nitrogen and oxygen atoms in total. The molecule has 25 heavy (non-hydrogen) atoms. The number of carbonyl (C=O) groups is 1. The van der Waals surface area contributed by atoms with Crippen LogP contribution in [0, 0.1) is 15.9 Å². The molecule has 0 aliphatic rings. The van der Waals surface area contributed by atoms with E-state index in [0.29, 0.717) is 5.69 Å². The molecular weight excluding hydrogens is 367 g/mol. The van der Waals surface area contributed by atoms with Crippen molar-refractivity contribution in [2.45, 2.75) is 9.24 Å². The Bertz CT molecular complexity index is 917. The van der Waals surface area contributed by atoms with Crippen LogP contribution in [0.2, 0.25) is 0 Å². The summed E-state index contributed by atoms with van der Waals surface area (Å²) in [5.41, 5.74) is 1.33. The molecule has 10 heteroatoms. The molecule has 0 fully saturated rings. The van der Waals surface area contributed by atoms with Gasteiger partial charge in [-0.25, -0.2) is 4.39 Å². The number of aromatic nitrogens is 2. The van der Waals surface area contributed by atoms with E-state index in [4.69, 9.17) is 0 Å². The zero-order valence-electron chi connectivity index (χ0n) is 12.4. The van der Waals surface area contributed by atoms with E-state index in [1.807, 2.05) is 0 Å². The minimum atomic E-state index is -0.827. The Balaban J connectivity index is 1.72. The lowest BCUT2D eigenvalue weighted by Gasteiger charge is -2.07. The smallest absolute Gasteiger partial charge is 0.270 e. The SMILES string of the molecule is O=C(Nc1ccc(Sc2nncs2)cc1)c1cc([N+](=O)[O-])ccc1F. The quantitative estimate of drug-likeness (QED) is 0.534. The molecule has 0 bridgehead atoms. The number of non-ortho nitro benzene ring substituents is 1. The van der Waals surface area contributed by atoms with E-state index >= 15 is 0 Å². The maximum atomic E-state index is 13.8. The minimum absolute atomic E-state index is 0.352. The molecule has 0 aliphatic carbocycles. The van der Waals surface area contributed by atoms with Crippen molar-refractivity contribution in [2.24, 2.45) is 0 Å². The average molecular weight is 376 g/mol. The minimum Gasteiger partial charge on any atom is -0.322 e. The Morgan fingerprint density at radius 1 is 1.24 bits per heavy atom. The van der Waals surface area contributed by atoms with Crippen LogP contribution in [0.3, 0.4) is 0 Å². The van der Waals surface area contributed by atoms with Gasteiger partial charge < -0.3 is 5.32 Å². The van der Waals surface area contributed by atoms with Crippen LogP contribution in [-0.2, 0) is 0 Å². The first-order valence-corrected chi connectivity index (χ1v) is 8.52. The molecule has 126 valence electrons. The third-order valence-corrected chi connectivity index (χ3v) is 4.85. The van der Waals surface area contributed by atoms with E-state index in [1.54, 1.807) is 29.8 Å². The van der Waals surface area contributed by atoms with Crippen molar-refractivity contribution in [3.8, 4) is 0 Å². The molecule has 0 saturated carbocycles. The van der Waals surface area contributed by atoms with Gasteiger partial charge in [0.15, 0.2) is 4.34 Å². The number of nitro benzene ring substituents is 1. The first kappa shape index (κ1) is 17.0. The highest BCUT2D eigenvalue weighted by molar-refractivity contribution is 8.01. The third-order valence-electron chi connectivity index (χ3n) is 3.06. The van der Waals surface area contributed by atoms with Crippen LogP contribution in [0.5, 0.6) is 0 Å². The Kier molecular flexibility index (Phi) is 5.00. The first-order valence-electron chi connectivity index (χ1n) is 6.82. The molecule has 0 atom stereocenters. The Morgan fingerprint density at radius 3 is 2.64 bits per heavy atom. The van der Waals surface area contributed by atoms with Gasteiger partial charge in [-0.1, -0.05) is 23.1 Å². The van der Waals surface area contributed by atoms with Crippen molar-refractivity contribution < 1.29 is 14.1 Å². The highest BCUT2D eigenvalue weighted by Gasteiger charge is 2.17. The summed E-state index contributed by atoms with van der Waals surface area (Å²) in [4.78, 5) is 23.1. The predicted molar refractivity (Wildman–Crippen MR) is 91.5 cm³/mol. The van der Waals surface area contributed by atoms with Crippen molar-refractivity contribution in [2.75, 3.05) is 5.32 Å². The lowest BCUT2D eigenvalue weighted by Crippen LogP contribution is -2.14. The van der Waals surface area contributed by atoms with E-state index in [0.717, 1.165) is 27.4 Å². The summed E-state index contributed by atoms with van der Waals surface area (Å²) in [6, 6.07) is 9.65. The number of nitro groups is 1. The molecule has 3 aromatic rings. The van der Waals surface area contributed by atoms with Crippen molar-refractivity contribution in [3.05, 3.63) is 69.5 Å². The van der Waals surface area contributed by atoms with Gasteiger partial charge in [0.05, 0.1) is 10.5 Å². The zero-order chi connectivity index (χ0) is 17.8. The molecule has 1 amide bonds. The molecule has 3 rings (SSSR count). The van der Waals surface area contributed by atoms with Gasteiger partial charge in [0.25, 0.3) is 11.6 Å². The second-order valence-corrected chi connectivity index (χ2v) is 6.86. The molecular formula is C15H9FN4O3S2. The Labute approximate surface area is 149 Å². The summed E-state index contributed by atoms with van der Waals surface area (Å²) >= 11 is 2.83. The van der Waals surface area contributed by atoms with Crippen molar-refractivity contribution in [3.63, 3.8) is 0 Å². The molecule has 0 unspecified atom stereocenters. The number of anilines is 1. The third kappa shape index (κ3) is 4.17. The van der Waals surface area contributed by atoms with Crippen LogP contribution in [-0.4, -0.2) is 21.0 Å². The van der Waals surface area contributed by atoms with Gasteiger partial charge in [-0.3, -0.25) is 14.9 Å². The molecule has 0 aliphatic heterocycles. The van der Waals surface area contributed by atoms with E-state index in [9.17, 15) is 19.3 Å². The first-order chi connectivity index (χ1) is 12.0. The standard InChI is InChI=1S/C15H9FN4O3S2/c16-13-6-3-10(20(22)23)7-12(13)14(21)18-9-1-4-11(5-2-9)25-15-19-17-8-24-15/h1-8H,(H,18,21). The van der Waals surface area contributed by atoms with Gasteiger partial charge in [-0.05, 0) is 30.3 Å². The van der Waals surface area contributed by atoms with E-state index in [2.05, 4.69) is 15.5 Å². The van der Waals surface area contributed by atoms with Crippen molar-refractivity contribution in [1.82, 2.24) is 10.2 Å². The molecule has 0 radical (unpaired) electrons. The fourth-order valence-electron chi connectivity index (χ4n) is 1.91. The van der Waals surface area contributed by atoms with Crippen LogP contribution in [0.25, 0.3) is 0 Å². The fourth-order valence-corrected chi connectivity index (χ4v) is 3.36. The fraction of sp³-hybridized carbons (Fsp3) is 0. The summed E-state index contributed by atoms with van der Waals surface area (Å²) in [5.74, 6) is -1.59. The topological polar surface area (TPSA) is 98.0 Å². The molecule has 1 N–H and O–H groups in total. The molecule has 1 aromatic heterocycles.